The van der Waals surface area contributed by atoms with Gasteiger partial charge in [-0.2, -0.15) is 0 Å². The van der Waals surface area contributed by atoms with Crippen LogP contribution in [0.15, 0.2) is 71.9 Å². The van der Waals surface area contributed by atoms with Gasteiger partial charge in [0.1, 0.15) is 0 Å². The van der Waals surface area contributed by atoms with E-state index in [1.54, 1.807) is 6.92 Å². The monoisotopic (exact) mass is 321 g/mol. The van der Waals surface area contributed by atoms with Crippen LogP contribution >= 0.6 is 0 Å². The molecule has 2 aromatic carbocycles. The lowest BCUT2D eigenvalue weighted by atomic mass is 9.99. The maximum atomic E-state index is 11.9. The minimum atomic E-state index is -0.410. The minimum Gasteiger partial charge on any atom is -0.461 e. The van der Waals surface area contributed by atoms with Crippen molar-refractivity contribution in [2.75, 3.05) is 6.61 Å². The molecule has 0 amide bonds. The second-order valence-corrected chi connectivity index (χ2v) is 5.39. The Bertz CT molecular complexity index is 827. The van der Waals surface area contributed by atoms with Crippen LogP contribution in [-0.4, -0.2) is 18.3 Å². The molecule has 0 aromatic heterocycles. The number of hydrogen-bond acceptors (Lipinski definition) is 4. The topological polar surface area (TPSA) is 47.9 Å². The molecule has 0 bridgehead atoms. The van der Waals surface area contributed by atoms with Gasteiger partial charge in [0.2, 0.25) is 0 Å². The first-order chi connectivity index (χ1) is 11.8. The Morgan fingerprint density at radius 1 is 1.08 bits per heavy atom. The molecule has 0 saturated carbocycles. The number of carbonyl (C=O) groups is 1. The Morgan fingerprint density at radius 2 is 1.75 bits per heavy atom. The van der Waals surface area contributed by atoms with Gasteiger partial charge < -0.3 is 9.57 Å². The number of oxime groups is 1. The minimum absolute atomic E-state index is 0.299. The number of nitrogens with zero attached hydrogens (tertiary/aromatic N) is 1. The van der Waals surface area contributed by atoms with Crippen molar-refractivity contribution in [2.45, 2.75) is 19.4 Å². The Labute approximate surface area is 141 Å². The van der Waals surface area contributed by atoms with Crippen LogP contribution in [0, 0.1) is 0 Å². The zero-order valence-electron chi connectivity index (χ0n) is 13.5. The molecular formula is C20H19NO3. The van der Waals surface area contributed by atoms with Crippen LogP contribution in [0.2, 0.25) is 0 Å². The summed E-state index contributed by atoms with van der Waals surface area (Å²) < 4.78 is 5.01. The number of fused-ring (bicyclic) bond motifs is 1. The van der Waals surface area contributed by atoms with Crippen LogP contribution in [0.25, 0.3) is 10.8 Å². The van der Waals surface area contributed by atoms with Crippen LogP contribution < -0.4 is 0 Å². The fourth-order valence-electron chi connectivity index (χ4n) is 2.67. The van der Waals surface area contributed by atoms with E-state index in [-0.39, 0.29) is 6.10 Å². The number of rotatable bonds is 3. The molecule has 0 saturated heterocycles. The molecular weight excluding hydrogens is 302 g/mol. The lowest BCUT2D eigenvalue weighted by Gasteiger charge is -2.10. The molecule has 2 aromatic rings. The van der Waals surface area contributed by atoms with Gasteiger partial charge in [-0.1, -0.05) is 71.9 Å². The third kappa shape index (κ3) is 3.54. The van der Waals surface area contributed by atoms with Gasteiger partial charge in [0.25, 0.3) is 0 Å². The summed E-state index contributed by atoms with van der Waals surface area (Å²) in [7, 11) is 0. The van der Waals surface area contributed by atoms with Crippen molar-refractivity contribution in [3.8, 4) is 0 Å². The largest absolute Gasteiger partial charge is 0.461 e. The van der Waals surface area contributed by atoms with E-state index in [2.05, 4.69) is 23.4 Å². The summed E-state index contributed by atoms with van der Waals surface area (Å²) in [6.07, 6.45) is 0.110. The Hall–Kier alpha value is -2.88. The highest BCUT2D eigenvalue weighted by Gasteiger charge is 2.28. The zero-order valence-corrected chi connectivity index (χ0v) is 13.5. The second-order valence-electron chi connectivity index (χ2n) is 5.39. The molecule has 0 spiro atoms. The lowest BCUT2D eigenvalue weighted by molar-refractivity contribution is -0.135. The summed E-state index contributed by atoms with van der Waals surface area (Å²) in [5.74, 6) is -0.410. The molecule has 122 valence electrons. The average molecular weight is 321 g/mol. The predicted molar refractivity (Wildman–Crippen MR) is 94.1 cm³/mol. The van der Waals surface area contributed by atoms with E-state index in [0.717, 1.165) is 16.3 Å². The van der Waals surface area contributed by atoms with Gasteiger partial charge in [-0.15, -0.1) is 0 Å². The first-order valence-electron chi connectivity index (χ1n) is 8.00. The third-order valence-corrected chi connectivity index (χ3v) is 3.79. The summed E-state index contributed by atoms with van der Waals surface area (Å²) in [6, 6.07) is 22.1. The van der Waals surface area contributed by atoms with Crippen molar-refractivity contribution in [3.63, 3.8) is 0 Å². The average Bonchev–Trinajstić information content (AvgIpc) is 3.09. The number of carbonyl (C=O) groups excluding carboxylic acids is 1. The maximum absolute atomic E-state index is 11.9. The molecule has 0 fully saturated rings. The van der Waals surface area contributed by atoms with E-state index in [0.29, 0.717) is 18.7 Å². The molecule has 0 N–H and O–H groups in total. The van der Waals surface area contributed by atoms with Crippen LogP contribution in [0.3, 0.4) is 0 Å². The molecule has 1 atom stereocenters. The Kier molecular flexibility index (Phi) is 5.06. The number of ether oxygens (including phenoxy) is 1. The van der Waals surface area contributed by atoms with Crippen LogP contribution in [0.1, 0.15) is 25.0 Å². The molecule has 4 nitrogen and oxygen atoms in total. The van der Waals surface area contributed by atoms with E-state index in [9.17, 15) is 4.79 Å². The summed E-state index contributed by atoms with van der Waals surface area (Å²) in [5.41, 5.74) is 1.32. The van der Waals surface area contributed by atoms with E-state index >= 15 is 0 Å². The van der Waals surface area contributed by atoms with E-state index in [1.807, 2.05) is 48.5 Å². The number of esters is 1. The SMILES string of the molecule is CCOC(=O)C1=NOC(c2cccccccc3ccccc23)C1. The van der Waals surface area contributed by atoms with Gasteiger partial charge in [-0.3, -0.25) is 0 Å². The van der Waals surface area contributed by atoms with Gasteiger partial charge in [-0.25, -0.2) is 4.79 Å². The van der Waals surface area contributed by atoms with Gasteiger partial charge >= 0.3 is 5.97 Å². The van der Waals surface area contributed by atoms with Crippen LogP contribution in [0.5, 0.6) is 0 Å². The van der Waals surface area contributed by atoms with Crippen molar-refractivity contribution in [3.05, 3.63) is 72.3 Å². The highest BCUT2D eigenvalue weighted by atomic mass is 16.6. The fourth-order valence-corrected chi connectivity index (χ4v) is 2.67. The smallest absolute Gasteiger partial charge is 0.356 e. The van der Waals surface area contributed by atoms with Crippen molar-refractivity contribution in [1.82, 2.24) is 0 Å². The van der Waals surface area contributed by atoms with E-state index < -0.39 is 5.97 Å². The standard InChI is InChI=1S/C20H19NO3/c1-2-23-20(22)18-14-19(24-21-18)17-13-7-5-3-4-6-10-15-11-8-9-12-16(15)17/h3-13,19H,2,14H2,1H3. The van der Waals surface area contributed by atoms with E-state index in [4.69, 9.17) is 9.57 Å². The highest BCUT2D eigenvalue weighted by molar-refractivity contribution is 6.36. The molecule has 1 aliphatic rings. The highest BCUT2D eigenvalue weighted by Crippen LogP contribution is 2.31. The van der Waals surface area contributed by atoms with Crippen molar-refractivity contribution in [1.29, 1.82) is 0 Å². The van der Waals surface area contributed by atoms with Crippen LogP contribution in [-0.2, 0) is 14.4 Å². The molecule has 1 heterocycles. The molecule has 3 rings (SSSR count). The van der Waals surface area contributed by atoms with Gasteiger partial charge in [0.15, 0.2) is 11.8 Å². The van der Waals surface area contributed by atoms with E-state index in [1.165, 1.54) is 0 Å². The second kappa shape index (κ2) is 7.59. The summed E-state index contributed by atoms with van der Waals surface area (Å²) in [4.78, 5) is 17.4. The molecule has 1 unspecified atom stereocenters. The van der Waals surface area contributed by atoms with Gasteiger partial charge in [0.05, 0.1) is 6.61 Å². The Morgan fingerprint density at radius 3 is 2.54 bits per heavy atom. The third-order valence-electron chi connectivity index (χ3n) is 3.79. The molecule has 0 radical (unpaired) electrons. The lowest BCUT2D eigenvalue weighted by Crippen LogP contribution is -2.16. The zero-order chi connectivity index (χ0) is 16.8. The van der Waals surface area contributed by atoms with Gasteiger partial charge in [0, 0.05) is 12.0 Å². The Balaban J connectivity index is 2.03. The number of hydrogen-bond donors (Lipinski definition) is 0. The van der Waals surface area contributed by atoms with Crippen LogP contribution in [0.4, 0.5) is 0 Å². The van der Waals surface area contributed by atoms with Crippen molar-refractivity contribution >= 4 is 22.5 Å². The molecule has 1 aliphatic heterocycles. The maximum Gasteiger partial charge on any atom is 0.356 e. The van der Waals surface area contributed by atoms with Crippen molar-refractivity contribution in [2.24, 2.45) is 5.16 Å². The normalized spacial score (nSPS) is 16.0. The number of benzene rings is 1. The predicted octanol–water partition coefficient (Wildman–Crippen LogP) is 4.34. The summed E-state index contributed by atoms with van der Waals surface area (Å²) in [6.45, 7) is 2.10. The molecule has 24 heavy (non-hydrogen) atoms. The first-order valence-corrected chi connectivity index (χ1v) is 8.00. The fraction of sp³-hybridized carbons (Fsp3) is 0.200. The van der Waals surface area contributed by atoms with Crippen molar-refractivity contribution < 1.29 is 14.4 Å². The summed E-state index contributed by atoms with van der Waals surface area (Å²) in [5, 5.41) is 6.09. The summed E-state index contributed by atoms with van der Waals surface area (Å²) >= 11 is 0. The quantitative estimate of drug-likeness (QED) is 0.790. The molecule has 0 aliphatic carbocycles. The van der Waals surface area contributed by atoms with Gasteiger partial charge in [-0.05, 0) is 17.7 Å². The first kappa shape index (κ1) is 16.0. The molecule has 4 heteroatoms.